The number of Topliss-reactive ketones (excluding diaryl/α,β-unsaturated/α-hetero) is 1. The Bertz CT molecular complexity index is 964. The predicted octanol–water partition coefficient (Wildman–Crippen LogP) is 4.04. The number of imide groups is 1. The van der Waals surface area contributed by atoms with Crippen molar-refractivity contribution >= 4 is 23.3 Å². The molecular weight excluding hydrogens is 366 g/mol. The zero-order valence-corrected chi connectivity index (χ0v) is 16.4. The molecule has 2 aromatic rings. The Morgan fingerprint density at radius 2 is 1.72 bits per heavy atom. The molecule has 5 heteroatoms. The van der Waals surface area contributed by atoms with Gasteiger partial charge in [0.25, 0.3) is 0 Å². The predicted molar refractivity (Wildman–Crippen MR) is 110 cm³/mol. The first-order valence-corrected chi connectivity index (χ1v) is 9.88. The summed E-state index contributed by atoms with van der Waals surface area (Å²) in [7, 11) is 0. The van der Waals surface area contributed by atoms with Gasteiger partial charge in [-0.05, 0) is 43.5 Å². The van der Waals surface area contributed by atoms with E-state index in [9.17, 15) is 14.4 Å². The van der Waals surface area contributed by atoms with Gasteiger partial charge in [-0.15, -0.1) is 0 Å². The van der Waals surface area contributed by atoms with Crippen LogP contribution in [0.25, 0.3) is 0 Å². The van der Waals surface area contributed by atoms with E-state index in [1.165, 1.54) is 4.90 Å². The van der Waals surface area contributed by atoms with Gasteiger partial charge in [0.05, 0.1) is 17.5 Å². The summed E-state index contributed by atoms with van der Waals surface area (Å²) < 4.78 is 5.77. The van der Waals surface area contributed by atoms with Crippen molar-refractivity contribution in [2.24, 2.45) is 17.8 Å². The number of nitrogens with zero attached hydrogens (tertiary/aromatic N) is 1. The third kappa shape index (κ3) is 3.48. The highest BCUT2D eigenvalue weighted by molar-refractivity contribution is 6.22. The summed E-state index contributed by atoms with van der Waals surface area (Å²) in [6.07, 6.45) is 3.96. The Morgan fingerprint density at radius 3 is 2.38 bits per heavy atom. The number of hydrogen-bond acceptors (Lipinski definition) is 4. The Hall–Kier alpha value is -3.21. The largest absolute Gasteiger partial charge is 0.483 e. The van der Waals surface area contributed by atoms with Crippen LogP contribution in [0, 0.1) is 17.8 Å². The molecular formula is C24H23NO4. The average Bonchev–Trinajstić information content (AvgIpc) is 3.00. The topological polar surface area (TPSA) is 63.7 Å². The zero-order valence-electron chi connectivity index (χ0n) is 16.4. The van der Waals surface area contributed by atoms with Gasteiger partial charge in [-0.1, -0.05) is 49.4 Å². The number of carbonyl (C=O) groups is 3. The molecule has 2 aromatic carbocycles. The molecule has 4 atom stereocenters. The maximum atomic E-state index is 12.9. The van der Waals surface area contributed by atoms with Crippen molar-refractivity contribution in [3.8, 4) is 5.75 Å². The number of ketones is 1. The van der Waals surface area contributed by atoms with E-state index in [-0.39, 0.29) is 35.4 Å². The molecule has 1 saturated heterocycles. The number of benzene rings is 2. The lowest BCUT2D eigenvalue weighted by Gasteiger charge is -2.22. The minimum absolute atomic E-state index is 0.0580. The minimum Gasteiger partial charge on any atom is -0.483 e. The number of ether oxygens (including phenoxy) is 1. The summed E-state index contributed by atoms with van der Waals surface area (Å²) in [5, 5.41) is 0. The van der Waals surface area contributed by atoms with E-state index in [1.54, 1.807) is 43.3 Å². The second-order valence-electron chi connectivity index (χ2n) is 7.65. The Labute approximate surface area is 170 Å². The number of hydrogen-bond donors (Lipinski definition) is 0. The molecule has 1 heterocycles. The summed E-state index contributed by atoms with van der Waals surface area (Å²) >= 11 is 0. The van der Waals surface area contributed by atoms with Gasteiger partial charge in [0.15, 0.2) is 6.10 Å². The molecule has 148 valence electrons. The summed E-state index contributed by atoms with van der Waals surface area (Å²) in [4.78, 5) is 39.4. The fraction of sp³-hybridized carbons (Fsp3) is 0.292. The van der Waals surface area contributed by atoms with Gasteiger partial charge in [0, 0.05) is 5.56 Å². The molecule has 0 aromatic heterocycles. The van der Waals surface area contributed by atoms with Gasteiger partial charge in [-0.2, -0.15) is 0 Å². The van der Waals surface area contributed by atoms with Crippen LogP contribution in [-0.2, 0) is 9.59 Å². The standard InChI is InChI=1S/C24H23NO4/c1-15-7-6-10-20-21(15)24(28)25(23(20)27)18-11-13-19(14-12-18)29-16(2)22(26)17-8-4-3-5-9-17/h3-9,11-16,20-21H,10H2,1-2H3/t15-,16-,20-,21+/m0/s1. The lowest BCUT2D eigenvalue weighted by Crippen LogP contribution is -2.31. The fourth-order valence-corrected chi connectivity index (χ4v) is 4.17. The quantitative estimate of drug-likeness (QED) is 0.440. The van der Waals surface area contributed by atoms with Gasteiger partial charge in [-0.3, -0.25) is 19.3 Å². The molecule has 2 amide bonds. The molecule has 0 unspecified atom stereocenters. The van der Waals surface area contributed by atoms with Crippen LogP contribution in [0.4, 0.5) is 5.69 Å². The molecule has 0 spiro atoms. The first kappa shape index (κ1) is 19.1. The van der Waals surface area contributed by atoms with Crippen LogP contribution in [0.15, 0.2) is 66.7 Å². The first-order valence-electron chi connectivity index (χ1n) is 9.88. The summed E-state index contributed by atoms with van der Waals surface area (Å²) in [6, 6.07) is 15.8. The summed E-state index contributed by atoms with van der Waals surface area (Å²) in [5.74, 6) is -0.380. The molecule has 1 aliphatic carbocycles. The molecule has 1 aliphatic heterocycles. The molecule has 5 nitrogen and oxygen atoms in total. The van der Waals surface area contributed by atoms with Crippen LogP contribution in [-0.4, -0.2) is 23.7 Å². The number of carbonyl (C=O) groups excluding carboxylic acids is 3. The van der Waals surface area contributed by atoms with Gasteiger partial charge in [-0.25, -0.2) is 0 Å². The highest BCUT2D eigenvalue weighted by Crippen LogP contribution is 2.40. The van der Waals surface area contributed by atoms with Crippen LogP contribution in [0.1, 0.15) is 30.6 Å². The van der Waals surface area contributed by atoms with Crippen molar-refractivity contribution in [3.63, 3.8) is 0 Å². The van der Waals surface area contributed by atoms with Crippen LogP contribution in [0.3, 0.4) is 0 Å². The Balaban J connectivity index is 1.48. The molecule has 29 heavy (non-hydrogen) atoms. The molecule has 1 fully saturated rings. The third-order valence-corrected chi connectivity index (χ3v) is 5.71. The van der Waals surface area contributed by atoms with Crippen molar-refractivity contribution in [2.45, 2.75) is 26.4 Å². The van der Waals surface area contributed by atoms with Gasteiger partial charge >= 0.3 is 0 Å². The van der Waals surface area contributed by atoms with Crippen molar-refractivity contribution < 1.29 is 19.1 Å². The van der Waals surface area contributed by atoms with E-state index in [2.05, 4.69) is 0 Å². The molecule has 0 saturated carbocycles. The van der Waals surface area contributed by atoms with E-state index in [1.807, 2.05) is 37.3 Å². The van der Waals surface area contributed by atoms with E-state index in [4.69, 9.17) is 4.74 Å². The van der Waals surface area contributed by atoms with Gasteiger partial charge in [0.1, 0.15) is 5.75 Å². The number of anilines is 1. The van der Waals surface area contributed by atoms with Crippen LogP contribution < -0.4 is 9.64 Å². The second kappa shape index (κ2) is 7.66. The van der Waals surface area contributed by atoms with Gasteiger partial charge < -0.3 is 4.74 Å². The van der Waals surface area contributed by atoms with Crippen LogP contribution in [0.2, 0.25) is 0 Å². The smallest absolute Gasteiger partial charge is 0.238 e. The third-order valence-electron chi connectivity index (χ3n) is 5.71. The molecule has 0 N–H and O–H groups in total. The number of allylic oxidation sites excluding steroid dienone is 2. The second-order valence-corrected chi connectivity index (χ2v) is 7.65. The van der Waals surface area contributed by atoms with Gasteiger partial charge in [0.2, 0.25) is 17.6 Å². The van der Waals surface area contributed by atoms with Crippen molar-refractivity contribution in [1.29, 1.82) is 0 Å². The van der Waals surface area contributed by atoms with Crippen molar-refractivity contribution in [2.75, 3.05) is 4.90 Å². The number of amides is 2. The van der Waals surface area contributed by atoms with E-state index < -0.39 is 6.10 Å². The summed E-state index contributed by atoms with van der Waals surface area (Å²) in [6.45, 7) is 3.68. The lowest BCUT2D eigenvalue weighted by atomic mass is 9.78. The van der Waals surface area contributed by atoms with E-state index >= 15 is 0 Å². The van der Waals surface area contributed by atoms with E-state index in [0.717, 1.165) is 0 Å². The van der Waals surface area contributed by atoms with E-state index in [0.29, 0.717) is 23.4 Å². The molecule has 4 rings (SSSR count). The number of fused-ring (bicyclic) bond motifs is 1. The Morgan fingerprint density at radius 1 is 1.03 bits per heavy atom. The normalized spacial score (nSPS) is 24.3. The fourth-order valence-electron chi connectivity index (χ4n) is 4.17. The SMILES string of the molecule is C[C@H](Oc1ccc(N2C(=O)[C@H]3[C@H](CC=C[C@@H]3C)C2=O)cc1)C(=O)c1ccccc1. The molecule has 2 aliphatic rings. The van der Waals surface area contributed by atoms with Crippen LogP contribution >= 0.6 is 0 Å². The van der Waals surface area contributed by atoms with Crippen LogP contribution in [0.5, 0.6) is 5.75 Å². The average molecular weight is 389 g/mol. The molecule has 0 radical (unpaired) electrons. The highest BCUT2D eigenvalue weighted by atomic mass is 16.5. The van der Waals surface area contributed by atoms with Crippen molar-refractivity contribution in [1.82, 2.24) is 0 Å². The lowest BCUT2D eigenvalue weighted by molar-refractivity contribution is -0.122. The maximum absolute atomic E-state index is 12.9. The number of rotatable bonds is 5. The summed E-state index contributed by atoms with van der Waals surface area (Å²) in [5.41, 5.74) is 1.13. The Kier molecular flexibility index (Phi) is 5.05. The monoisotopic (exact) mass is 389 g/mol. The van der Waals surface area contributed by atoms with Crippen molar-refractivity contribution in [3.05, 3.63) is 72.3 Å². The highest BCUT2D eigenvalue weighted by Gasteiger charge is 2.50. The minimum atomic E-state index is -0.645. The molecule has 0 bridgehead atoms. The maximum Gasteiger partial charge on any atom is 0.238 e. The zero-order chi connectivity index (χ0) is 20.5. The first-order chi connectivity index (χ1) is 14.0.